The summed E-state index contributed by atoms with van der Waals surface area (Å²) < 4.78 is 11.5. The normalized spacial score (nSPS) is 19.4. The van der Waals surface area contributed by atoms with Crippen molar-refractivity contribution in [3.05, 3.63) is 59.7 Å². The Bertz CT molecular complexity index is 776. The number of rotatable bonds is 6. The molecule has 1 amide bonds. The standard InChI is InChI=1S/C21H23NO3S/c1-24-19-13-17(21-22(11-12-26-21)20(23)16-7-8-16)9-10-18(19)25-14-15-5-3-2-4-6-15/h2-6,9-10,13,16,21H,7-8,11-12,14H2,1H3/t21-/m1/s1. The molecule has 1 atom stereocenters. The van der Waals surface area contributed by atoms with Crippen LogP contribution < -0.4 is 9.47 Å². The molecule has 5 heteroatoms. The van der Waals surface area contributed by atoms with E-state index in [1.54, 1.807) is 7.11 Å². The Morgan fingerprint density at radius 1 is 1.15 bits per heavy atom. The molecule has 0 spiro atoms. The number of amides is 1. The van der Waals surface area contributed by atoms with Crippen molar-refractivity contribution in [2.45, 2.75) is 24.8 Å². The molecule has 2 fully saturated rings. The zero-order valence-corrected chi connectivity index (χ0v) is 15.7. The molecule has 0 radical (unpaired) electrons. The summed E-state index contributed by atoms with van der Waals surface area (Å²) in [6, 6.07) is 16.1. The van der Waals surface area contributed by atoms with Crippen molar-refractivity contribution >= 4 is 17.7 Å². The fourth-order valence-corrected chi connectivity index (χ4v) is 4.48. The first-order chi connectivity index (χ1) is 12.8. The van der Waals surface area contributed by atoms with Gasteiger partial charge in [-0.3, -0.25) is 4.79 Å². The van der Waals surface area contributed by atoms with Gasteiger partial charge in [-0.25, -0.2) is 0 Å². The molecule has 1 saturated heterocycles. The van der Waals surface area contributed by atoms with E-state index >= 15 is 0 Å². The van der Waals surface area contributed by atoms with E-state index < -0.39 is 0 Å². The van der Waals surface area contributed by atoms with Gasteiger partial charge in [-0.15, -0.1) is 11.8 Å². The minimum atomic E-state index is 0.0835. The molecular weight excluding hydrogens is 346 g/mol. The molecule has 4 nitrogen and oxygen atoms in total. The summed E-state index contributed by atoms with van der Waals surface area (Å²) in [5.74, 6) is 2.99. The third-order valence-electron chi connectivity index (χ3n) is 4.81. The topological polar surface area (TPSA) is 38.8 Å². The van der Waals surface area contributed by atoms with Crippen LogP contribution in [0.3, 0.4) is 0 Å². The zero-order valence-electron chi connectivity index (χ0n) is 14.9. The van der Waals surface area contributed by atoms with Crippen molar-refractivity contribution in [2.24, 2.45) is 5.92 Å². The van der Waals surface area contributed by atoms with E-state index in [0.29, 0.717) is 18.3 Å². The minimum Gasteiger partial charge on any atom is -0.493 e. The molecule has 136 valence electrons. The summed E-state index contributed by atoms with van der Waals surface area (Å²) in [7, 11) is 1.66. The van der Waals surface area contributed by atoms with Gasteiger partial charge in [-0.2, -0.15) is 0 Å². The number of thioether (sulfide) groups is 1. The van der Waals surface area contributed by atoms with Crippen molar-refractivity contribution < 1.29 is 14.3 Å². The SMILES string of the molecule is COc1cc([C@H]2SCCN2C(=O)C2CC2)ccc1OCc1ccccc1. The summed E-state index contributed by atoms with van der Waals surface area (Å²) >= 11 is 1.82. The molecule has 4 rings (SSSR count). The molecule has 1 aliphatic heterocycles. The van der Waals surface area contributed by atoms with Gasteiger partial charge in [0.15, 0.2) is 11.5 Å². The Hall–Kier alpha value is -2.14. The van der Waals surface area contributed by atoms with Gasteiger partial charge in [0.2, 0.25) is 5.91 Å². The summed E-state index contributed by atoms with van der Waals surface area (Å²) in [6.07, 6.45) is 2.09. The average Bonchev–Trinajstić information content (AvgIpc) is 3.43. The average molecular weight is 369 g/mol. The Labute approximate surface area is 158 Å². The van der Waals surface area contributed by atoms with Crippen LogP contribution in [0.1, 0.15) is 29.3 Å². The van der Waals surface area contributed by atoms with Crippen molar-refractivity contribution in [3.63, 3.8) is 0 Å². The van der Waals surface area contributed by atoms with E-state index in [1.807, 2.05) is 59.1 Å². The van der Waals surface area contributed by atoms with Crippen LogP contribution >= 0.6 is 11.8 Å². The monoisotopic (exact) mass is 369 g/mol. The van der Waals surface area contributed by atoms with Crippen LogP contribution in [0.2, 0.25) is 0 Å². The maximum atomic E-state index is 12.5. The highest BCUT2D eigenvalue weighted by Crippen LogP contribution is 2.44. The Balaban J connectivity index is 1.50. The molecule has 1 saturated carbocycles. The van der Waals surface area contributed by atoms with Crippen LogP contribution in [-0.4, -0.2) is 30.2 Å². The first-order valence-corrected chi connectivity index (χ1v) is 10.1. The summed E-state index contributed by atoms with van der Waals surface area (Å²) in [6.45, 7) is 1.33. The fourth-order valence-electron chi connectivity index (χ4n) is 3.23. The second-order valence-electron chi connectivity index (χ2n) is 6.71. The molecule has 0 N–H and O–H groups in total. The van der Waals surface area contributed by atoms with Gasteiger partial charge in [0.05, 0.1) is 7.11 Å². The molecule has 0 bridgehead atoms. The smallest absolute Gasteiger partial charge is 0.226 e. The summed E-state index contributed by atoms with van der Waals surface area (Å²) in [5.41, 5.74) is 2.22. The molecule has 2 aliphatic rings. The van der Waals surface area contributed by atoms with Gasteiger partial charge in [0, 0.05) is 18.2 Å². The molecule has 2 aromatic rings. The molecule has 1 heterocycles. The molecule has 26 heavy (non-hydrogen) atoms. The highest BCUT2D eigenvalue weighted by atomic mass is 32.2. The van der Waals surface area contributed by atoms with Crippen LogP contribution in [-0.2, 0) is 11.4 Å². The zero-order chi connectivity index (χ0) is 17.9. The van der Waals surface area contributed by atoms with Gasteiger partial charge in [-0.1, -0.05) is 36.4 Å². The largest absolute Gasteiger partial charge is 0.493 e. The lowest BCUT2D eigenvalue weighted by Gasteiger charge is -2.25. The number of carbonyl (C=O) groups is 1. The van der Waals surface area contributed by atoms with E-state index in [-0.39, 0.29) is 11.3 Å². The van der Waals surface area contributed by atoms with Crippen molar-refractivity contribution in [1.82, 2.24) is 4.90 Å². The Morgan fingerprint density at radius 2 is 1.96 bits per heavy atom. The number of carbonyl (C=O) groups excluding carboxylic acids is 1. The van der Waals surface area contributed by atoms with Crippen LogP contribution in [0.25, 0.3) is 0 Å². The van der Waals surface area contributed by atoms with E-state index in [9.17, 15) is 4.79 Å². The number of benzene rings is 2. The Kier molecular flexibility index (Phi) is 5.07. The molecular formula is C21H23NO3S. The lowest BCUT2D eigenvalue weighted by atomic mass is 10.1. The Morgan fingerprint density at radius 3 is 2.69 bits per heavy atom. The van der Waals surface area contributed by atoms with Crippen LogP contribution in [0.4, 0.5) is 0 Å². The molecule has 0 unspecified atom stereocenters. The fraction of sp³-hybridized carbons (Fsp3) is 0.381. The summed E-state index contributed by atoms with van der Waals surface area (Å²) in [4.78, 5) is 14.6. The van der Waals surface area contributed by atoms with Crippen LogP contribution in [0, 0.1) is 5.92 Å². The van der Waals surface area contributed by atoms with Gasteiger partial charge in [-0.05, 0) is 36.1 Å². The van der Waals surface area contributed by atoms with Crippen LogP contribution in [0.5, 0.6) is 11.5 Å². The lowest BCUT2D eigenvalue weighted by Crippen LogP contribution is -2.31. The lowest BCUT2D eigenvalue weighted by molar-refractivity contribution is -0.132. The predicted octanol–water partition coefficient (Wildman–Crippen LogP) is 4.26. The van der Waals surface area contributed by atoms with Crippen molar-refractivity contribution in [1.29, 1.82) is 0 Å². The molecule has 0 aromatic heterocycles. The minimum absolute atomic E-state index is 0.0835. The van der Waals surface area contributed by atoms with E-state index in [4.69, 9.17) is 9.47 Å². The first kappa shape index (κ1) is 17.3. The maximum Gasteiger partial charge on any atom is 0.226 e. The third kappa shape index (κ3) is 3.68. The predicted molar refractivity (Wildman–Crippen MR) is 103 cm³/mol. The number of hydrogen-bond donors (Lipinski definition) is 0. The van der Waals surface area contributed by atoms with Crippen molar-refractivity contribution in [3.8, 4) is 11.5 Å². The number of methoxy groups -OCH3 is 1. The van der Waals surface area contributed by atoms with Gasteiger partial charge in [0.25, 0.3) is 0 Å². The second-order valence-corrected chi connectivity index (χ2v) is 7.90. The quantitative estimate of drug-likeness (QED) is 0.763. The van der Waals surface area contributed by atoms with E-state index in [2.05, 4.69) is 6.07 Å². The van der Waals surface area contributed by atoms with Gasteiger partial charge < -0.3 is 14.4 Å². The van der Waals surface area contributed by atoms with E-state index in [1.165, 1.54) is 0 Å². The van der Waals surface area contributed by atoms with Gasteiger partial charge in [0.1, 0.15) is 12.0 Å². The number of nitrogens with zero attached hydrogens (tertiary/aromatic N) is 1. The maximum absolute atomic E-state index is 12.5. The van der Waals surface area contributed by atoms with Crippen molar-refractivity contribution in [2.75, 3.05) is 19.4 Å². The second kappa shape index (κ2) is 7.62. The highest BCUT2D eigenvalue weighted by Gasteiger charge is 2.39. The molecule has 1 aliphatic carbocycles. The number of ether oxygens (including phenoxy) is 2. The number of hydrogen-bond acceptors (Lipinski definition) is 4. The third-order valence-corrected chi connectivity index (χ3v) is 6.07. The van der Waals surface area contributed by atoms with Gasteiger partial charge >= 0.3 is 0 Å². The highest BCUT2D eigenvalue weighted by molar-refractivity contribution is 7.99. The van der Waals surface area contributed by atoms with Crippen LogP contribution in [0.15, 0.2) is 48.5 Å². The first-order valence-electron chi connectivity index (χ1n) is 9.03. The molecule has 2 aromatic carbocycles. The summed E-state index contributed by atoms with van der Waals surface area (Å²) in [5, 5.41) is 0.0835. The van der Waals surface area contributed by atoms with E-state index in [0.717, 1.165) is 42.0 Å².